The van der Waals surface area contributed by atoms with Gasteiger partial charge in [0, 0.05) is 6.54 Å². The van der Waals surface area contributed by atoms with Gasteiger partial charge in [-0.05, 0) is 29.0 Å². The Morgan fingerprint density at radius 3 is 2.60 bits per heavy atom. The normalized spacial score (nSPS) is 10.3. The Balaban J connectivity index is 1.84. The minimum absolute atomic E-state index is 0.0508. The lowest BCUT2D eigenvalue weighted by molar-refractivity contribution is 0.0955. The zero-order valence-corrected chi connectivity index (χ0v) is 12.1. The van der Waals surface area contributed by atoms with Gasteiger partial charge in [0.15, 0.2) is 0 Å². The van der Waals surface area contributed by atoms with E-state index in [0.29, 0.717) is 17.2 Å². The van der Waals surface area contributed by atoms with Crippen LogP contribution < -0.4 is 10.1 Å². The van der Waals surface area contributed by atoms with Crippen molar-refractivity contribution < 1.29 is 14.6 Å². The highest BCUT2D eigenvalue weighted by Crippen LogP contribution is 2.23. The van der Waals surface area contributed by atoms with Crippen LogP contribution in [0.25, 0.3) is 0 Å². The van der Waals surface area contributed by atoms with Gasteiger partial charge in [-0.25, -0.2) is 0 Å². The predicted octanol–water partition coefficient (Wildman–Crippen LogP) is 2.22. The molecule has 5 heteroatoms. The number of benzene rings is 1. The van der Waals surface area contributed by atoms with Crippen LogP contribution in [0.1, 0.15) is 20.8 Å². The van der Waals surface area contributed by atoms with E-state index < -0.39 is 0 Å². The zero-order chi connectivity index (χ0) is 14.4. The molecule has 0 spiro atoms. The van der Waals surface area contributed by atoms with E-state index in [-0.39, 0.29) is 12.5 Å². The number of hydrogen-bond acceptors (Lipinski definition) is 4. The third-order valence-corrected chi connectivity index (χ3v) is 3.85. The number of amides is 1. The molecule has 0 saturated carbocycles. The molecule has 0 aliphatic rings. The van der Waals surface area contributed by atoms with Crippen molar-refractivity contribution in [2.45, 2.75) is 13.0 Å². The maximum absolute atomic E-state index is 12.0. The summed E-state index contributed by atoms with van der Waals surface area (Å²) in [7, 11) is 1.56. The SMILES string of the molecule is COc1ccsc1C(=O)NCCc1ccc(CO)cc1. The molecule has 0 aliphatic carbocycles. The molecule has 0 radical (unpaired) electrons. The number of aliphatic hydroxyl groups excluding tert-OH is 1. The van der Waals surface area contributed by atoms with E-state index in [0.717, 1.165) is 17.5 Å². The molecule has 20 heavy (non-hydrogen) atoms. The van der Waals surface area contributed by atoms with Crippen LogP contribution in [0, 0.1) is 0 Å². The molecule has 0 atom stereocenters. The van der Waals surface area contributed by atoms with Gasteiger partial charge >= 0.3 is 0 Å². The van der Waals surface area contributed by atoms with E-state index in [1.54, 1.807) is 13.2 Å². The number of aliphatic hydroxyl groups is 1. The lowest BCUT2D eigenvalue weighted by Crippen LogP contribution is -2.25. The maximum atomic E-state index is 12.0. The summed E-state index contributed by atoms with van der Waals surface area (Å²) < 4.78 is 5.12. The van der Waals surface area contributed by atoms with Gasteiger partial charge in [0.25, 0.3) is 5.91 Å². The molecule has 106 valence electrons. The van der Waals surface area contributed by atoms with E-state index in [1.165, 1.54) is 11.3 Å². The van der Waals surface area contributed by atoms with Gasteiger partial charge in [0.1, 0.15) is 10.6 Å². The molecule has 1 amide bonds. The second-order valence-corrected chi connectivity index (χ2v) is 5.21. The molecule has 1 aromatic heterocycles. The van der Waals surface area contributed by atoms with E-state index in [4.69, 9.17) is 9.84 Å². The van der Waals surface area contributed by atoms with Crippen LogP contribution in [0.3, 0.4) is 0 Å². The fourth-order valence-corrected chi connectivity index (χ4v) is 2.61. The first-order valence-corrected chi connectivity index (χ1v) is 7.21. The van der Waals surface area contributed by atoms with Gasteiger partial charge in [-0.3, -0.25) is 4.79 Å². The molecule has 0 saturated heterocycles. The average molecular weight is 291 g/mol. The fourth-order valence-electron chi connectivity index (χ4n) is 1.84. The third-order valence-electron chi connectivity index (χ3n) is 2.96. The summed E-state index contributed by atoms with van der Waals surface area (Å²) in [5, 5.41) is 13.7. The lowest BCUT2D eigenvalue weighted by atomic mass is 10.1. The number of thiophene rings is 1. The van der Waals surface area contributed by atoms with Crippen molar-refractivity contribution in [1.82, 2.24) is 5.32 Å². The van der Waals surface area contributed by atoms with Crippen LogP contribution >= 0.6 is 11.3 Å². The van der Waals surface area contributed by atoms with Crippen molar-refractivity contribution >= 4 is 17.2 Å². The number of ether oxygens (including phenoxy) is 1. The number of methoxy groups -OCH3 is 1. The molecular formula is C15H17NO3S. The molecule has 4 nitrogen and oxygen atoms in total. The summed E-state index contributed by atoms with van der Waals surface area (Å²) in [6.07, 6.45) is 0.755. The maximum Gasteiger partial charge on any atom is 0.265 e. The number of carbonyl (C=O) groups excluding carboxylic acids is 1. The minimum atomic E-state index is -0.108. The Bertz CT molecular complexity index is 563. The van der Waals surface area contributed by atoms with Gasteiger partial charge in [0.2, 0.25) is 0 Å². The van der Waals surface area contributed by atoms with Crippen LogP contribution in [0.5, 0.6) is 5.75 Å². The Hall–Kier alpha value is -1.85. The monoisotopic (exact) mass is 291 g/mol. The first-order valence-electron chi connectivity index (χ1n) is 6.33. The predicted molar refractivity (Wildman–Crippen MR) is 79.3 cm³/mol. The summed E-state index contributed by atoms with van der Waals surface area (Å²) in [6.45, 7) is 0.619. The van der Waals surface area contributed by atoms with Crippen LogP contribution in [0.15, 0.2) is 35.7 Å². The van der Waals surface area contributed by atoms with E-state index in [2.05, 4.69) is 5.32 Å². The van der Waals surface area contributed by atoms with Crippen LogP contribution in [0.2, 0.25) is 0 Å². The number of carbonyl (C=O) groups is 1. The van der Waals surface area contributed by atoms with Gasteiger partial charge in [-0.2, -0.15) is 0 Å². The number of nitrogens with one attached hydrogen (secondary N) is 1. The van der Waals surface area contributed by atoms with Gasteiger partial charge in [-0.1, -0.05) is 24.3 Å². The van der Waals surface area contributed by atoms with Crippen molar-refractivity contribution in [3.8, 4) is 5.75 Å². The largest absolute Gasteiger partial charge is 0.495 e. The topological polar surface area (TPSA) is 58.6 Å². The van der Waals surface area contributed by atoms with Gasteiger partial charge in [0.05, 0.1) is 13.7 Å². The molecule has 2 rings (SSSR count). The Morgan fingerprint density at radius 1 is 1.25 bits per heavy atom. The minimum Gasteiger partial charge on any atom is -0.495 e. The molecule has 2 N–H and O–H groups in total. The Morgan fingerprint density at radius 2 is 1.95 bits per heavy atom. The lowest BCUT2D eigenvalue weighted by Gasteiger charge is -2.06. The summed E-state index contributed by atoms with van der Waals surface area (Å²) in [5.74, 6) is 0.503. The van der Waals surface area contributed by atoms with Crippen LogP contribution in [-0.2, 0) is 13.0 Å². The van der Waals surface area contributed by atoms with Crippen molar-refractivity contribution in [3.63, 3.8) is 0 Å². The summed E-state index contributed by atoms with van der Waals surface area (Å²) in [4.78, 5) is 12.6. The molecule has 1 aromatic carbocycles. The summed E-state index contributed by atoms with van der Waals surface area (Å²) in [6, 6.07) is 9.49. The van der Waals surface area contributed by atoms with E-state index in [1.807, 2.05) is 29.6 Å². The highest BCUT2D eigenvalue weighted by molar-refractivity contribution is 7.12. The van der Waals surface area contributed by atoms with Gasteiger partial charge < -0.3 is 15.2 Å². The van der Waals surface area contributed by atoms with Gasteiger partial charge in [-0.15, -0.1) is 11.3 Å². The molecule has 0 fully saturated rings. The average Bonchev–Trinajstić information content (AvgIpc) is 2.96. The fraction of sp³-hybridized carbons (Fsp3) is 0.267. The number of rotatable bonds is 6. The zero-order valence-electron chi connectivity index (χ0n) is 11.3. The molecule has 2 aromatic rings. The van der Waals surface area contributed by atoms with Crippen molar-refractivity contribution in [3.05, 3.63) is 51.7 Å². The van der Waals surface area contributed by atoms with E-state index in [9.17, 15) is 4.79 Å². The van der Waals surface area contributed by atoms with Crippen molar-refractivity contribution in [2.24, 2.45) is 0 Å². The molecule has 1 heterocycles. The highest BCUT2D eigenvalue weighted by Gasteiger charge is 2.12. The van der Waals surface area contributed by atoms with Crippen LogP contribution in [0.4, 0.5) is 0 Å². The first kappa shape index (κ1) is 14.6. The second kappa shape index (κ2) is 7.07. The Kier molecular flexibility index (Phi) is 5.15. The van der Waals surface area contributed by atoms with Crippen molar-refractivity contribution in [2.75, 3.05) is 13.7 Å². The quantitative estimate of drug-likeness (QED) is 0.858. The molecule has 0 unspecified atom stereocenters. The second-order valence-electron chi connectivity index (χ2n) is 4.30. The smallest absolute Gasteiger partial charge is 0.265 e. The van der Waals surface area contributed by atoms with Crippen molar-refractivity contribution in [1.29, 1.82) is 0 Å². The highest BCUT2D eigenvalue weighted by atomic mass is 32.1. The number of hydrogen-bond donors (Lipinski definition) is 2. The summed E-state index contributed by atoms with van der Waals surface area (Å²) >= 11 is 1.37. The van der Waals surface area contributed by atoms with E-state index >= 15 is 0 Å². The Labute approximate surface area is 122 Å². The molecular weight excluding hydrogens is 274 g/mol. The molecule has 0 bridgehead atoms. The first-order chi connectivity index (χ1) is 9.74. The molecule has 0 aliphatic heterocycles. The standard InChI is InChI=1S/C15H17NO3S/c1-19-13-7-9-20-14(13)15(18)16-8-6-11-2-4-12(10-17)5-3-11/h2-5,7,9,17H,6,8,10H2,1H3,(H,16,18). The van der Waals surface area contributed by atoms with Crippen LogP contribution in [-0.4, -0.2) is 24.7 Å². The third kappa shape index (κ3) is 3.59. The summed E-state index contributed by atoms with van der Waals surface area (Å²) in [5.41, 5.74) is 2.02.